The lowest BCUT2D eigenvalue weighted by atomic mass is 10.0. The molecule has 0 amide bonds. The molecule has 4 rings (SSSR count). The molecule has 29 heavy (non-hydrogen) atoms. The van der Waals surface area contributed by atoms with E-state index in [1.165, 1.54) is 0 Å². The first-order chi connectivity index (χ1) is 14.0. The highest BCUT2D eigenvalue weighted by molar-refractivity contribution is 5.74. The quantitative estimate of drug-likeness (QED) is 0.630. The Labute approximate surface area is 168 Å². The van der Waals surface area contributed by atoms with E-state index in [0.29, 0.717) is 16.8 Å². The number of ether oxygens (including phenoxy) is 1. The van der Waals surface area contributed by atoms with Gasteiger partial charge in [-0.1, -0.05) is 5.21 Å². The summed E-state index contributed by atoms with van der Waals surface area (Å²) in [4.78, 5) is 1.78. The fourth-order valence-electron chi connectivity index (χ4n) is 3.80. The summed E-state index contributed by atoms with van der Waals surface area (Å²) in [6, 6.07) is 4.30. The lowest BCUT2D eigenvalue weighted by Gasteiger charge is -2.28. The molecule has 1 aliphatic heterocycles. The monoisotopic (exact) mass is 390 g/mol. The Kier molecular flexibility index (Phi) is 4.81. The molecule has 0 bridgehead atoms. The average molecular weight is 390 g/mol. The van der Waals surface area contributed by atoms with Gasteiger partial charge in [-0.15, -0.1) is 5.10 Å². The van der Waals surface area contributed by atoms with Gasteiger partial charge in [-0.2, -0.15) is 15.6 Å². The number of hydrogen-bond donors (Lipinski definition) is 0. The van der Waals surface area contributed by atoms with Gasteiger partial charge in [0.25, 0.3) is 0 Å². The second kappa shape index (κ2) is 7.44. The maximum Gasteiger partial charge on any atom is 0.179 e. The molecule has 1 saturated heterocycles. The molecule has 0 atom stereocenters. The van der Waals surface area contributed by atoms with Crippen LogP contribution >= 0.6 is 0 Å². The minimum absolute atomic E-state index is 0.0439. The van der Waals surface area contributed by atoms with Gasteiger partial charge in [-0.3, -0.25) is 0 Å². The van der Waals surface area contributed by atoms with Crippen LogP contribution in [0.3, 0.4) is 0 Å². The van der Waals surface area contributed by atoms with Gasteiger partial charge in [0.1, 0.15) is 28.6 Å². The molecule has 0 aromatic carbocycles. The van der Waals surface area contributed by atoms with E-state index in [0.717, 1.165) is 42.9 Å². The first-order valence-electron chi connectivity index (χ1n) is 9.66. The molecule has 4 heterocycles. The number of likely N-dealkylation sites (tertiary alicyclic amines) is 1. The molecule has 0 aliphatic carbocycles. The van der Waals surface area contributed by atoms with E-state index in [2.05, 4.69) is 27.7 Å². The Bertz CT molecular complexity index is 1120. The summed E-state index contributed by atoms with van der Waals surface area (Å²) in [5.41, 5.74) is 3.68. The maximum absolute atomic E-state index is 9.39. The molecule has 0 N–H and O–H groups in total. The summed E-state index contributed by atoms with van der Waals surface area (Å²) in [5.74, 6) is 0.600. The van der Waals surface area contributed by atoms with Crippen LogP contribution in [0.15, 0.2) is 18.5 Å². The van der Waals surface area contributed by atoms with Crippen LogP contribution in [0.25, 0.3) is 16.8 Å². The van der Waals surface area contributed by atoms with Crippen LogP contribution in [-0.2, 0) is 0 Å². The predicted octanol–water partition coefficient (Wildman–Crippen LogP) is 2.68. The van der Waals surface area contributed by atoms with Crippen molar-refractivity contribution < 1.29 is 4.74 Å². The second-order valence-electron chi connectivity index (χ2n) is 7.51. The van der Waals surface area contributed by atoms with Gasteiger partial charge in [0.05, 0.1) is 24.0 Å². The average Bonchev–Trinajstić information content (AvgIpc) is 3.31. The van der Waals surface area contributed by atoms with Crippen molar-refractivity contribution >= 4 is 5.52 Å². The molecule has 1 aliphatic rings. The number of pyridine rings is 1. The van der Waals surface area contributed by atoms with Crippen molar-refractivity contribution in [2.24, 2.45) is 0 Å². The third kappa shape index (κ3) is 3.36. The maximum atomic E-state index is 9.39. The van der Waals surface area contributed by atoms with Crippen LogP contribution < -0.4 is 4.74 Å². The molecule has 0 unspecified atom stereocenters. The van der Waals surface area contributed by atoms with Gasteiger partial charge in [-0.25, -0.2) is 9.20 Å². The largest absolute Gasteiger partial charge is 0.489 e. The second-order valence-corrected chi connectivity index (χ2v) is 7.51. The van der Waals surface area contributed by atoms with Gasteiger partial charge in [0.2, 0.25) is 0 Å². The van der Waals surface area contributed by atoms with E-state index in [-0.39, 0.29) is 12.1 Å². The summed E-state index contributed by atoms with van der Waals surface area (Å²) >= 11 is 0. The Balaban J connectivity index is 1.73. The standard InChI is InChI=1S/C20H22N8O/c1-13(2)29-18-8-15(11-27-20(18)16(9-21)10-23-27)19-14(3)28(25-24-19)17-4-6-26(12-22)7-5-17/h8,10-11,13,17H,4-7H2,1-3H3. The molecule has 3 aromatic heterocycles. The normalized spacial score (nSPS) is 14.9. The van der Waals surface area contributed by atoms with Crippen molar-refractivity contribution in [3.05, 3.63) is 29.7 Å². The van der Waals surface area contributed by atoms with E-state index in [9.17, 15) is 5.26 Å². The number of nitrogens with zero attached hydrogens (tertiary/aromatic N) is 8. The van der Waals surface area contributed by atoms with Crippen LogP contribution in [0.2, 0.25) is 0 Å². The number of piperidine rings is 1. The fraction of sp³-hybridized carbons (Fsp3) is 0.450. The fourth-order valence-corrected chi connectivity index (χ4v) is 3.80. The molecule has 0 spiro atoms. The van der Waals surface area contributed by atoms with E-state index in [4.69, 9.17) is 10.00 Å². The van der Waals surface area contributed by atoms with Crippen molar-refractivity contribution in [2.45, 2.75) is 45.8 Å². The smallest absolute Gasteiger partial charge is 0.179 e. The van der Waals surface area contributed by atoms with Crippen molar-refractivity contribution in [3.63, 3.8) is 0 Å². The van der Waals surface area contributed by atoms with Crippen LogP contribution in [0.4, 0.5) is 0 Å². The Morgan fingerprint density at radius 2 is 2.00 bits per heavy atom. The summed E-state index contributed by atoms with van der Waals surface area (Å²) in [6.07, 6.45) is 7.28. The van der Waals surface area contributed by atoms with Crippen LogP contribution in [0.1, 0.15) is 44.0 Å². The number of fused-ring (bicyclic) bond motifs is 1. The lowest BCUT2D eigenvalue weighted by Crippen LogP contribution is -2.31. The minimum Gasteiger partial charge on any atom is -0.489 e. The Morgan fingerprint density at radius 3 is 2.66 bits per heavy atom. The summed E-state index contributed by atoms with van der Waals surface area (Å²) < 4.78 is 9.60. The first kappa shape index (κ1) is 18.8. The van der Waals surface area contributed by atoms with Crippen molar-refractivity contribution in [3.8, 4) is 29.3 Å². The SMILES string of the molecule is Cc1c(-c2cc(OC(C)C)c3c(C#N)cnn3c2)nnn1C1CCN(C#N)CC1. The van der Waals surface area contributed by atoms with Crippen molar-refractivity contribution in [1.29, 1.82) is 10.5 Å². The first-order valence-corrected chi connectivity index (χ1v) is 9.66. The van der Waals surface area contributed by atoms with Gasteiger partial charge in [0.15, 0.2) is 6.19 Å². The van der Waals surface area contributed by atoms with Crippen molar-refractivity contribution in [1.82, 2.24) is 29.5 Å². The van der Waals surface area contributed by atoms with E-state index in [1.54, 1.807) is 15.6 Å². The molecular formula is C20H22N8O. The summed E-state index contributed by atoms with van der Waals surface area (Å²) in [6.45, 7) is 7.36. The Morgan fingerprint density at radius 1 is 1.24 bits per heavy atom. The minimum atomic E-state index is -0.0439. The molecule has 148 valence electrons. The molecular weight excluding hydrogens is 368 g/mol. The summed E-state index contributed by atoms with van der Waals surface area (Å²) in [7, 11) is 0. The Hall–Kier alpha value is -3.59. The molecule has 9 nitrogen and oxygen atoms in total. The lowest BCUT2D eigenvalue weighted by molar-refractivity contribution is 0.237. The van der Waals surface area contributed by atoms with Crippen LogP contribution in [0.5, 0.6) is 5.75 Å². The summed E-state index contributed by atoms with van der Waals surface area (Å²) in [5, 5.41) is 31.6. The van der Waals surface area contributed by atoms with E-state index >= 15 is 0 Å². The van der Waals surface area contributed by atoms with E-state index < -0.39 is 0 Å². The third-order valence-corrected chi connectivity index (χ3v) is 5.21. The highest BCUT2D eigenvalue weighted by Gasteiger charge is 2.24. The van der Waals surface area contributed by atoms with Gasteiger partial charge < -0.3 is 9.64 Å². The number of rotatable bonds is 4. The molecule has 1 fully saturated rings. The zero-order chi connectivity index (χ0) is 20.5. The topological polar surface area (TPSA) is 108 Å². The number of nitriles is 2. The molecule has 0 radical (unpaired) electrons. The molecule has 3 aromatic rings. The molecule has 0 saturated carbocycles. The zero-order valence-corrected chi connectivity index (χ0v) is 16.7. The van der Waals surface area contributed by atoms with Crippen molar-refractivity contribution in [2.75, 3.05) is 13.1 Å². The third-order valence-electron chi connectivity index (χ3n) is 5.21. The predicted molar refractivity (Wildman–Crippen MR) is 105 cm³/mol. The van der Waals surface area contributed by atoms with Gasteiger partial charge in [-0.05, 0) is 39.7 Å². The zero-order valence-electron chi connectivity index (χ0n) is 16.7. The number of aromatic nitrogens is 5. The number of hydrogen-bond acceptors (Lipinski definition) is 7. The van der Waals surface area contributed by atoms with Gasteiger partial charge in [0, 0.05) is 24.8 Å². The van der Waals surface area contributed by atoms with E-state index in [1.807, 2.05) is 37.7 Å². The van der Waals surface area contributed by atoms with Crippen LogP contribution in [0, 0.1) is 29.7 Å². The van der Waals surface area contributed by atoms with Crippen LogP contribution in [-0.4, -0.2) is 48.7 Å². The van der Waals surface area contributed by atoms with Gasteiger partial charge >= 0.3 is 0 Å². The highest BCUT2D eigenvalue weighted by atomic mass is 16.5. The molecule has 9 heteroatoms. The highest BCUT2D eigenvalue weighted by Crippen LogP contribution is 2.32.